The second-order valence-electron chi connectivity index (χ2n) is 6.46. The van der Waals surface area contributed by atoms with Crippen LogP contribution >= 0.6 is 34.5 Å². The van der Waals surface area contributed by atoms with Crippen molar-refractivity contribution in [2.75, 3.05) is 16.8 Å². The number of aryl methyl sites for hydroxylation is 1. The lowest BCUT2D eigenvalue weighted by Crippen LogP contribution is -2.35. The van der Waals surface area contributed by atoms with Crippen LogP contribution in [0.4, 0.5) is 11.4 Å². The minimum absolute atomic E-state index is 0.0137. The first-order valence-electron chi connectivity index (χ1n) is 8.77. The standard InChI is InChI=1S/C21H16Cl2N2O2S/c22-14-6-8-16(17(23)11-14)20(26)24-15-7-5-13-3-1-9-25(18(13)12-15)21(27)19-4-2-10-28-19/h2,4-8,10-12H,1,3,9H2,(H,24,26). The van der Waals surface area contributed by atoms with E-state index in [-0.39, 0.29) is 16.8 Å². The van der Waals surface area contributed by atoms with Crippen molar-refractivity contribution in [2.45, 2.75) is 12.8 Å². The SMILES string of the molecule is O=C(Nc1ccc2c(c1)N(C(=O)c1cccs1)CCC2)c1ccc(Cl)cc1Cl. The molecule has 0 radical (unpaired) electrons. The molecular formula is C21H16Cl2N2O2S. The van der Waals surface area contributed by atoms with Gasteiger partial charge in [-0.25, -0.2) is 0 Å². The van der Waals surface area contributed by atoms with Crippen molar-refractivity contribution in [1.29, 1.82) is 0 Å². The smallest absolute Gasteiger partial charge is 0.268 e. The molecule has 0 spiro atoms. The summed E-state index contributed by atoms with van der Waals surface area (Å²) in [6.07, 6.45) is 1.82. The highest BCUT2D eigenvalue weighted by Crippen LogP contribution is 2.32. The highest BCUT2D eigenvalue weighted by Gasteiger charge is 2.25. The Kier molecular flexibility index (Phi) is 5.40. The molecule has 0 bridgehead atoms. The van der Waals surface area contributed by atoms with Crippen LogP contribution in [-0.4, -0.2) is 18.4 Å². The van der Waals surface area contributed by atoms with E-state index < -0.39 is 0 Å². The van der Waals surface area contributed by atoms with Gasteiger partial charge in [0.15, 0.2) is 0 Å². The molecule has 0 unspecified atom stereocenters. The van der Waals surface area contributed by atoms with Crippen molar-refractivity contribution < 1.29 is 9.59 Å². The summed E-state index contributed by atoms with van der Waals surface area (Å²) in [5, 5.41) is 5.51. The van der Waals surface area contributed by atoms with Gasteiger partial charge in [-0.2, -0.15) is 0 Å². The van der Waals surface area contributed by atoms with Crippen LogP contribution in [0.3, 0.4) is 0 Å². The minimum atomic E-state index is -0.325. The van der Waals surface area contributed by atoms with Crippen molar-refractivity contribution in [1.82, 2.24) is 0 Å². The van der Waals surface area contributed by atoms with E-state index in [1.54, 1.807) is 17.0 Å². The summed E-state index contributed by atoms with van der Waals surface area (Å²) in [5.41, 5.74) is 2.89. The number of hydrogen-bond acceptors (Lipinski definition) is 3. The Morgan fingerprint density at radius 1 is 1.07 bits per heavy atom. The number of benzene rings is 2. The van der Waals surface area contributed by atoms with Crippen LogP contribution in [0.2, 0.25) is 10.0 Å². The number of fused-ring (bicyclic) bond motifs is 1. The predicted octanol–water partition coefficient (Wildman–Crippen LogP) is 5.90. The summed E-state index contributed by atoms with van der Waals surface area (Å²) < 4.78 is 0. The molecule has 2 heterocycles. The zero-order valence-corrected chi connectivity index (χ0v) is 17.1. The summed E-state index contributed by atoms with van der Waals surface area (Å²) in [6, 6.07) is 14.1. The fraction of sp³-hybridized carbons (Fsp3) is 0.143. The van der Waals surface area contributed by atoms with Gasteiger partial charge in [0.1, 0.15) is 0 Å². The van der Waals surface area contributed by atoms with E-state index in [4.69, 9.17) is 23.2 Å². The molecule has 0 fully saturated rings. The topological polar surface area (TPSA) is 49.4 Å². The molecule has 1 aliphatic heterocycles. The third-order valence-corrected chi connectivity index (χ3v) is 6.02. The van der Waals surface area contributed by atoms with Crippen molar-refractivity contribution in [3.63, 3.8) is 0 Å². The highest BCUT2D eigenvalue weighted by atomic mass is 35.5. The molecule has 7 heteroatoms. The average Bonchev–Trinajstić information content (AvgIpc) is 3.21. The van der Waals surface area contributed by atoms with E-state index in [1.165, 1.54) is 17.4 Å². The van der Waals surface area contributed by atoms with Gasteiger partial charge in [0.05, 0.1) is 15.5 Å². The largest absolute Gasteiger partial charge is 0.322 e. The lowest BCUT2D eigenvalue weighted by atomic mass is 10.0. The molecule has 0 atom stereocenters. The molecule has 1 aliphatic rings. The maximum Gasteiger partial charge on any atom is 0.268 e. The van der Waals surface area contributed by atoms with Crippen LogP contribution in [0, 0.1) is 0 Å². The molecule has 4 nitrogen and oxygen atoms in total. The molecule has 1 N–H and O–H groups in total. The van der Waals surface area contributed by atoms with Crippen molar-refractivity contribution in [3.8, 4) is 0 Å². The summed E-state index contributed by atoms with van der Waals surface area (Å²) >= 11 is 13.5. The van der Waals surface area contributed by atoms with E-state index in [2.05, 4.69) is 5.32 Å². The number of anilines is 2. The monoisotopic (exact) mass is 430 g/mol. The third kappa shape index (κ3) is 3.78. The number of nitrogens with one attached hydrogen (secondary N) is 1. The van der Waals surface area contributed by atoms with Gasteiger partial charge in [0.25, 0.3) is 11.8 Å². The Balaban J connectivity index is 1.61. The second-order valence-corrected chi connectivity index (χ2v) is 8.25. The van der Waals surface area contributed by atoms with E-state index in [0.717, 1.165) is 24.1 Å². The second kappa shape index (κ2) is 7.95. The summed E-state index contributed by atoms with van der Waals surface area (Å²) in [7, 11) is 0. The molecule has 28 heavy (non-hydrogen) atoms. The zero-order valence-electron chi connectivity index (χ0n) is 14.7. The average molecular weight is 431 g/mol. The fourth-order valence-corrected chi connectivity index (χ4v) is 4.43. The van der Waals surface area contributed by atoms with Crippen molar-refractivity contribution in [3.05, 3.63) is 80.0 Å². The minimum Gasteiger partial charge on any atom is -0.322 e. The zero-order chi connectivity index (χ0) is 19.7. The predicted molar refractivity (Wildman–Crippen MR) is 115 cm³/mol. The molecule has 0 aliphatic carbocycles. The molecule has 4 rings (SSSR count). The third-order valence-electron chi connectivity index (χ3n) is 4.61. The number of rotatable bonds is 3. The summed E-state index contributed by atoms with van der Waals surface area (Å²) in [6.45, 7) is 0.657. The summed E-state index contributed by atoms with van der Waals surface area (Å²) in [4.78, 5) is 28.0. The van der Waals surface area contributed by atoms with Gasteiger partial charge in [-0.15, -0.1) is 11.3 Å². The first-order chi connectivity index (χ1) is 13.5. The van der Waals surface area contributed by atoms with Crippen LogP contribution in [0.15, 0.2) is 53.9 Å². The van der Waals surface area contributed by atoms with Crippen LogP contribution < -0.4 is 10.2 Å². The Labute approximate surface area is 176 Å². The van der Waals surface area contributed by atoms with E-state index in [0.29, 0.717) is 27.7 Å². The lowest BCUT2D eigenvalue weighted by molar-refractivity contribution is 0.0987. The lowest BCUT2D eigenvalue weighted by Gasteiger charge is -2.29. The van der Waals surface area contributed by atoms with E-state index in [1.807, 2.05) is 35.7 Å². The quantitative estimate of drug-likeness (QED) is 0.561. The number of carbonyl (C=O) groups excluding carboxylic acids is 2. The van der Waals surface area contributed by atoms with E-state index in [9.17, 15) is 9.59 Å². The van der Waals surface area contributed by atoms with Crippen LogP contribution in [0.1, 0.15) is 32.0 Å². The Hall–Kier alpha value is -2.34. The normalized spacial score (nSPS) is 13.1. The Morgan fingerprint density at radius 3 is 2.68 bits per heavy atom. The number of amides is 2. The Morgan fingerprint density at radius 2 is 1.93 bits per heavy atom. The van der Waals surface area contributed by atoms with Gasteiger partial charge in [-0.3, -0.25) is 9.59 Å². The number of halogens is 2. The molecular weight excluding hydrogens is 415 g/mol. The van der Waals surface area contributed by atoms with Crippen LogP contribution in [0.25, 0.3) is 0 Å². The molecule has 1 aromatic heterocycles. The first-order valence-corrected chi connectivity index (χ1v) is 10.4. The van der Waals surface area contributed by atoms with Gasteiger partial charge in [-0.05, 0) is 60.2 Å². The van der Waals surface area contributed by atoms with Crippen LogP contribution in [0.5, 0.6) is 0 Å². The fourth-order valence-electron chi connectivity index (χ4n) is 3.27. The number of carbonyl (C=O) groups is 2. The maximum atomic E-state index is 12.9. The number of hydrogen-bond donors (Lipinski definition) is 1. The van der Waals surface area contributed by atoms with Gasteiger partial charge in [-0.1, -0.05) is 35.3 Å². The highest BCUT2D eigenvalue weighted by molar-refractivity contribution is 7.12. The molecule has 142 valence electrons. The van der Waals surface area contributed by atoms with Gasteiger partial charge < -0.3 is 10.2 Å². The summed E-state index contributed by atoms with van der Waals surface area (Å²) in [5.74, 6) is -0.339. The molecule has 2 aromatic carbocycles. The molecule has 3 aromatic rings. The van der Waals surface area contributed by atoms with Crippen molar-refractivity contribution in [2.24, 2.45) is 0 Å². The number of thiophene rings is 1. The molecule has 2 amide bonds. The van der Waals surface area contributed by atoms with Crippen molar-refractivity contribution >= 4 is 57.7 Å². The molecule has 0 saturated heterocycles. The first kappa shape index (κ1) is 19.0. The van der Waals surface area contributed by atoms with Gasteiger partial charge in [0.2, 0.25) is 0 Å². The van der Waals surface area contributed by atoms with Gasteiger partial charge in [0, 0.05) is 22.9 Å². The van der Waals surface area contributed by atoms with Crippen LogP contribution in [-0.2, 0) is 6.42 Å². The maximum absolute atomic E-state index is 12.9. The molecule has 0 saturated carbocycles. The van der Waals surface area contributed by atoms with E-state index >= 15 is 0 Å². The van der Waals surface area contributed by atoms with Gasteiger partial charge >= 0.3 is 0 Å². The number of nitrogens with zero attached hydrogens (tertiary/aromatic N) is 1. The Bertz CT molecular complexity index is 1050.